The van der Waals surface area contributed by atoms with Gasteiger partial charge in [-0.2, -0.15) is 0 Å². The molecule has 0 fully saturated rings. The van der Waals surface area contributed by atoms with Crippen LogP contribution in [0, 0.1) is 11.2 Å². The number of aromatic carboxylic acids is 1. The molecular weight excluding hydrogens is 539 g/mol. The van der Waals surface area contributed by atoms with E-state index in [4.69, 9.17) is 9.47 Å². The number of esters is 1. The number of methoxy groups -OCH3 is 1. The minimum absolute atomic E-state index is 0.0345. The van der Waals surface area contributed by atoms with E-state index in [1.165, 1.54) is 30.2 Å². The van der Waals surface area contributed by atoms with Gasteiger partial charge in [0.05, 0.1) is 35.8 Å². The molecule has 0 radical (unpaired) electrons. The van der Waals surface area contributed by atoms with Crippen LogP contribution in [0.4, 0.5) is 10.1 Å². The molecule has 42 heavy (non-hydrogen) atoms. The summed E-state index contributed by atoms with van der Waals surface area (Å²) in [6.45, 7) is 3.74. The van der Waals surface area contributed by atoms with Gasteiger partial charge >= 0.3 is 11.9 Å². The van der Waals surface area contributed by atoms with Gasteiger partial charge in [-0.3, -0.25) is 9.59 Å². The summed E-state index contributed by atoms with van der Waals surface area (Å²) in [6.07, 6.45) is 0.672. The monoisotopic (exact) mass is 572 g/mol. The number of anilines is 1. The summed E-state index contributed by atoms with van der Waals surface area (Å²) in [4.78, 5) is 44.5. The number of aromatic nitrogens is 1. The Labute approximate surface area is 243 Å². The zero-order chi connectivity index (χ0) is 30.3. The Balaban J connectivity index is 1.65. The molecular formula is C33H33FN2O6. The van der Waals surface area contributed by atoms with E-state index in [9.17, 15) is 23.9 Å². The van der Waals surface area contributed by atoms with Gasteiger partial charge in [-0.1, -0.05) is 44.2 Å². The summed E-state index contributed by atoms with van der Waals surface area (Å²) in [5.41, 5.74) is 1.07. The van der Waals surface area contributed by atoms with Crippen LogP contribution in [0.5, 0.6) is 5.75 Å². The lowest BCUT2D eigenvalue weighted by atomic mass is 9.78. The molecule has 4 rings (SSSR count). The fourth-order valence-electron chi connectivity index (χ4n) is 4.93. The second kappa shape index (κ2) is 13.2. The van der Waals surface area contributed by atoms with Crippen molar-refractivity contribution in [2.75, 3.05) is 12.0 Å². The van der Waals surface area contributed by atoms with Crippen LogP contribution in [0.2, 0.25) is 0 Å². The van der Waals surface area contributed by atoms with Crippen LogP contribution in [0.15, 0.2) is 78.9 Å². The number of carbonyl (C=O) groups is 3. The molecule has 0 atom stereocenters. The SMILES string of the molecule is CCC(CC)(CC(=O)N(Cc1ccccc1C(=O)O)c1cccc(OCc2ccc3ccc(F)cc3n2)c1)C(=O)OC. The molecule has 9 heteroatoms. The van der Waals surface area contributed by atoms with Crippen LogP contribution < -0.4 is 9.64 Å². The number of carboxylic acid groups (broad SMARTS) is 1. The van der Waals surface area contributed by atoms with Crippen molar-refractivity contribution < 1.29 is 33.4 Å². The van der Waals surface area contributed by atoms with Gasteiger partial charge in [-0.05, 0) is 54.8 Å². The lowest BCUT2D eigenvalue weighted by molar-refractivity contribution is -0.155. The predicted octanol–water partition coefficient (Wildman–Crippen LogP) is 6.55. The maximum absolute atomic E-state index is 13.9. The minimum atomic E-state index is -1.11. The number of nitrogens with zero attached hydrogens (tertiary/aromatic N) is 2. The van der Waals surface area contributed by atoms with Crippen molar-refractivity contribution in [3.8, 4) is 5.75 Å². The molecule has 1 amide bonds. The van der Waals surface area contributed by atoms with Crippen LogP contribution in [0.3, 0.4) is 0 Å². The number of halogens is 1. The Morgan fingerprint density at radius 1 is 0.952 bits per heavy atom. The number of pyridine rings is 1. The average Bonchev–Trinajstić information content (AvgIpc) is 3.01. The highest BCUT2D eigenvalue weighted by atomic mass is 19.1. The number of ether oxygens (including phenoxy) is 2. The molecule has 0 aliphatic carbocycles. The van der Waals surface area contributed by atoms with E-state index in [1.54, 1.807) is 54.6 Å². The fraction of sp³-hybridized carbons (Fsp3) is 0.273. The molecule has 0 aliphatic rings. The van der Waals surface area contributed by atoms with Crippen molar-refractivity contribution in [2.45, 2.75) is 46.3 Å². The van der Waals surface area contributed by atoms with Crippen molar-refractivity contribution in [1.82, 2.24) is 4.98 Å². The molecule has 1 heterocycles. The topological polar surface area (TPSA) is 106 Å². The minimum Gasteiger partial charge on any atom is -0.487 e. The molecule has 0 unspecified atom stereocenters. The van der Waals surface area contributed by atoms with Crippen LogP contribution in [-0.4, -0.2) is 35.0 Å². The van der Waals surface area contributed by atoms with E-state index in [1.807, 2.05) is 19.9 Å². The summed E-state index contributed by atoms with van der Waals surface area (Å²) in [7, 11) is 1.30. The molecule has 0 saturated heterocycles. The highest BCUT2D eigenvalue weighted by molar-refractivity contribution is 5.97. The quantitative estimate of drug-likeness (QED) is 0.192. The van der Waals surface area contributed by atoms with Crippen molar-refractivity contribution in [1.29, 1.82) is 0 Å². The maximum atomic E-state index is 13.9. The zero-order valence-corrected chi connectivity index (χ0v) is 23.8. The third kappa shape index (κ3) is 6.74. The molecule has 218 valence electrons. The van der Waals surface area contributed by atoms with E-state index in [-0.39, 0.29) is 36.9 Å². The molecule has 8 nitrogen and oxygen atoms in total. The van der Waals surface area contributed by atoms with Gasteiger partial charge in [0.1, 0.15) is 18.2 Å². The first kappa shape index (κ1) is 30.2. The fourth-order valence-corrected chi connectivity index (χ4v) is 4.93. The van der Waals surface area contributed by atoms with E-state index >= 15 is 0 Å². The Hall–Kier alpha value is -4.79. The number of rotatable bonds is 12. The second-order valence-electron chi connectivity index (χ2n) is 10.0. The molecule has 0 saturated carbocycles. The van der Waals surface area contributed by atoms with Crippen LogP contribution in [0.25, 0.3) is 10.9 Å². The van der Waals surface area contributed by atoms with Crippen LogP contribution in [0.1, 0.15) is 54.7 Å². The Kier molecular flexibility index (Phi) is 9.52. The predicted molar refractivity (Wildman–Crippen MR) is 157 cm³/mol. The highest BCUT2D eigenvalue weighted by Crippen LogP contribution is 2.35. The number of fused-ring (bicyclic) bond motifs is 1. The third-order valence-corrected chi connectivity index (χ3v) is 7.57. The summed E-state index contributed by atoms with van der Waals surface area (Å²) in [5, 5.41) is 10.6. The zero-order valence-electron chi connectivity index (χ0n) is 23.8. The molecule has 3 aromatic carbocycles. The van der Waals surface area contributed by atoms with Gasteiger partial charge in [0.15, 0.2) is 0 Å². The van der Waals surface area contributed by atoms with Crippen molar-refractivity contribution in [3.63, 3.8) is 0 Å². The number of carboxylic acids is 1. The molecule has 1 aromatic heterocycles. The van der Waals surface area contributed by atoms with E-state index in [2.05, 4.69) is 4.98 Å². The number of hydrogen-bond donors (Lipinski definition) is 1. The first-order chi connectivity index (χ1) is 20.2. The van der Waals surface area contributed by atoms with Crippen LogP contribution >= 0.6 is 0 Å². The normalized spacial score (nSPS) is 11.2. The largest absolute Gasteiger partial charge is 0.487 e. The second-order valence-corrected chi connectivity index (χ2v) is 10.0. The summed E-state index contributed by atoms with van der Waals surface area (Å²) >= 11 is 0. The van der Waals surface area contributed by atoms with Gasteiger partial charge in [-0.25, -0.2) is 14.2 Å². The standard InChI is InChI=1S/C33H33FN2O6/c1-4-33(5-2,32(40)41-3)19-30(37)36(20-23-9-6-7-12-28(23)31(38)39)26-10-8-11-27(18-26)42-21-25-16-14-22-13-15-24(34)17-29(22)35-25/h6-18H,4-5,19-21H2,1-3H3,(H,38,39). The molecule has 4 aromatic rings. The smallest absolute Gasteiger partial charge is 0.336 e. The summed E-state index contributed by atoms with van der Waals surface area (Å²) in [5.74, 6) is -1.87. The Bertz CT molecular complexity index is 1600. The molecule has 0 aliphatic heterocycles. The number of hydrogen-bond acceptors (Lipinski definition) is 6. The van der Waals surface area contributed by atoms with Gasteiger partial charge in [0.2, 0.25) is 5.91 Å². The summed E-state index contributed by atoms with van der Waals surface area (Å²) in [6, 6.07) is 21.4. The van der Waals surface area contributed by atoms with E-state index in [0.717, 1.165) is 5.39 Å². The van der Waals surface area contributed by atoms with Gasteiger partial charge in [0, 0.05) is 29.6 Å². The van der Waals surface area contributed by atoms with Gasteiger partial charge < -0.3 is 19.5 Å². The van der Waals surface area contributed by atoms with Crippen molar-refractivity contribution in [2.24, 2.45) is 5.41 Å². The molecule has 0 spiro atoms. The highest BCUT2D eigenvalue weighted by Gasteiger charge is 2.40. The number of amides is 1. The van der Waals surface area contributed by atoms with Crippen molar-refractivity contribution >= 4 is 34.4 Å². The lowest BCUT2D eigenvalue weighted by Crippen LogP contribution is -2.40. The van der Waals surface area contributed by atoms with E-state index < -0.39 is 17.4 Å². The lowest BCUT2D eigenvalue weighted by Gasteiger charge is -2.32. The number of carbonyl (C=O) groups excluding carboxylic acids is 2. The Morgan fingerprint density at radius 3 is 2.40 bits per heavy atom. The summed E-state index contributed by atoms with van der Waals surface area (Å²) < 4.78 is 24.7. The first-order valence-corrected chi connectivity index (χ1v) is 13.7. The number of benzene rings is 3. The molecule has 0 bridgehead atoms. The van der Waals surface area contributed by atoms with Gasteiger partial charge in [0.25, 0.3) is 0 Å². The molecule has 1 N–H and O–H groups in total. The maximum Gasteiger partial charge on any atom is 0.336 e. The first-order valence-electron chi connectivity index (χ1n) is 13.7. The van der Waals surface area contributed by atoms with Crippen molar-refractivity contribution in [3.05, 3.63) is 102 Å². The van der Waals surface area contributed by atoms with Crippen LogP contribution in [-0.2, 0) is 27.5 Å². The van der Waals surface area contributed by atoms with Gasteiger partial charge in [-0.15, -0.1) is 0 Å². The van der Waals surface area contributed by atoms with E-state index in [0.29, 0.717) is 41.1 Å². The third-order valence-electron chi connectivity index (χ3n) is 7.57. The average molecular weight is 573 g/mol. The Morgan fingerprint density at radius 2 is 1.69 bits per heavy atom.